The van der Waals surface area contributed by atoms with Crippen LogP contribution in [0, 0.1) is 0 Å². The Bertz CT molecular complexity index is 409. The van der Waals surface area contributed by atoms with Crippen LogP contribution in [0.15, 0.2) is 24.3 Å². The number of hydrogen-bond acceptors (Lipinski definition) is 4. The third-order valence-electron chi connectivity index (χ3n) is 3.56. The molecule has 1 aromatic carbocycles. The molecule has 1 heterocycles. The van der Waals surface area contributed by atoms with E-state index < -0.39 is 0 Å². The number of benzene rings is 1. The van der Waals surface area contributed by atoms with Gasteiger partial charge in [-0.15, -0.1) is 0 Å². The van der Waals surface area contributed by atoms with E-state index in [1.807, 2.05) is 24.3 Å². The summed E-state index contributed by atoms with van der Waals surface area (Å²) in [6, 6.07) is 7.53. The lowest BCUT2D eigenvalue weighted by atomic mass is 10.1. The summed E-state index contributed by atoms with van der Waals surface area (Å²) < 4.78 is 5.54. The number of nitrogens with two attached hydrogens (primary N) is 1. The highest BCUT2D eigenvalue weighted by Gasteiger charge is 2.20. The van der Waals surface area contributed by atoms with Crippen LogP contribution < -0.4 is 5.73 Å². The van der Waals surface area contributed by atoms with Gasteiger partial charge in [0.1, 0.15) is 6.10 Å². The maximum atomic E-state index is 12.0. The summed E-state index contributed by atoms with van der Waals surface area (Å²) in [4.78, 5) is 14.3. The van der Waals surface area contributed by atoms with Crippen LogP contribution in [-0.4, -0.2) is 43.7 Å². The Morgan fingerprint density at radius 2 is 1.95 bits per heavy atom. The molecule has 1 aliphatic heterocycles. The average molecular weight is 262 g/mol. The second-order valence-corrected chi connectivity index (χ2v) is 5.14. The lowest BCUT2D eigenvalue weighted by Gasteiger charge is -2.28. The fraction of sp³-hybridized carbons (Fsp3) is 0.533. The second kappa shape index (κ2) is 6.68. The number of likely N-dealkylation sites (tertiary alicyclic amines) is 1. The molecule has 0 bridgehead atoms. The number of carbonyl (C=O) groups excluding carboxylic acids is 1. The summed E-state index contributed by atoms with van der Waals surface area (Å²) in [7, 11) is 2.09. The van der Waals surface area contributed by atoms with Crippen LogP contribution in [0.3, 0.4) is 0 Å². The molecule has 0 aromatic heterocycles. The fourth-order valence-electron chi connectivity index (χ4n) is 2.30. The van der Waals surface area contributed by atoms with Crippen LogP contribution in [0.5, 0.6) is 0 Å². The van der Waals surface area contributed by atoms with E-state index in [0.717, 1.165) is 37.9 Å². The zero-order valence-electron chi connectivity index (χ0n) is 11.5. The molecule has 0 radical (unpaired) electrons. The van der Waals surface area contributed by atoms with Crippen LogP contribution in [0.2, 0.25) is 0 Å². The van der Waals surface area contributed by atoms with E-state index in [9.17, 15) is 4.79 Å². The summed E-state index contributed by atoms with van der Waals surface area (Å²) in [6.07, 6.45) is 2.75. The van der Waals surface area contributed by atoms with Gasteiger partial charge in [0.25, 0.3) is 0 Å². The van der Waals surface area contributed by atoms with Crippen molar-refractivity contribution in [1.29, 1.82) is 0 Å². The first-order valence-corrected chi connectivity index (χ1v) is 6.87. The molecule has 1 fully saturated rings. The molecule has 1 aromatic rings. The molecule has 0 aliphatic carbocycles. The molecular formula is C15H22N2O2. The van der Waals surface area contributed by atoms with Crippen molar-refractivity contribution in [2.75, 3.05) is 26.7 Å². The van der Waals surface area contributed by atoms with Gasteiger partial charge >= 0.3 is 5.97 Å². The number of rotatable bonds is 4. The van der Waals surface area contributed by atoms with Crippen molar-refractivity contribution in [3.63, 3.8) is 0 Å². The molecule has 2 N–H and O–H groups in total. The molecule has 0 atom stereocenters. The maximum absolute atomic E-state index is 12.0. The molecule has 2 rings (SSSR count). The SMILES string of the molecule is CN1CCC(OC(=O)c2ccc(CCN)cc2)CC1. The average Bonchev–Trinajstić information content (AvgIpc) is 2.42. The first-order chi connectivity index (χ1) is 9.19. The van der Waals surface area contributed by atoms with Gasteiger partial charge in [0.2, 0.25) is 0 Å². The topological polar surface area (TPSA) is 55.6 Å². The van der Waals surface area contributed by atoms with Gasteiger partial charge in [-0.1, -0.05) is 12.1 Å². The molecule has 19 heavy (non-hydrogen) atoms. The van der Waals surface area contributed by atoms with Crippen molar-refractivity contribution < 1.29 is 9.53 Å². The Kier molecular flexibility index (Phi) is 4.93. The van der Waals surface area contributed by atoms with E-state index in [4.69, 9.17) is 10.5 Å². The summed E-state index contributed by atoms with van der Waals surface area (Å²) >= 11 is 0. The minimum absolute atomic E-state index is 0.0624. The predicted molar refractivity (Wildman–Crippen MR) is 75.1 cm³/mol. The van der Waals surface area contributed by atoms with Crippen LogP contribution in [-0.2, 0) is 11.2 Å². The molecule has 1 saturated heterocycles. The van der Waals surface area contributed by atoms with E-state index in [0.29, 0.717) is 12.1 Å². The lowest BCUT2D eigenvalue weighted by Crippen LogP contribution is -2.35. The zero-order chi connectivity index (χ0) is 13.7. The number of esters is 1. The molecule has 1 aliphatic rings. The molecule has 104 valence electrons. The first-order valence-electron chi connectivity index (χ1n) is 6.87. The highest BCUT2D eigenvalue weighted by Crippen LogP contribution is 2.15. The molecule has 0 amide bonds. The number of ether oxygens (including phenoxy) is 1. The molecule has 0 saturated carbocycles. The Morgan fingerprint density at radius 3 is 2.53 bits per heavy atom. The largest absolute Gasteiger partial charge is 0.459 e. The number of carbonyl (C=O) groups is 1. The molecule has 4 nitrogen and oxygen atoms in total. The van der Waals surface area contributed by atoms with E-state index >= 15 is 0 Å². The zero-order valence-corrected chi connectivity index (χ0v) is 11.5. The highest BCUT2D eigenvalue weighted by molar-refractivity contribution is 5.89. The van der Waals surface area contributed by atoms with E-state index in [2.05, 4.69) is 11.9 Å². The van der Waals surface area contributed by atoms with Crippen LogP contribution in [0.25, 0.3) is 0 Å². The summed E-state index contributed by atoms with van der Waals surface area (Å²) in [5.74, 6) is -0.214. The van der Waals surface area contributed by atoms with E-state index in [1.54, 1.807) is 0 Å². The smallest absolute Gasteiger partial charge is 0.338 e. The Labute approximate surface area is 114 Å². The van der Waals surface area contributed by atoms with Gasteiger partial charge in [0, 0.05) is 13.1 Å². The summed E-state index contributed by atoms with van der Waals surface area (Å²) in [6.45, 7) is 2.61. The van der Waals surface area contributed by atoms with Crippen LogP contribution in [0.1, 0.15) is 28.8 Å². The summed E-state index contributed by atoms with van der Waals surface area (Å²) in [5.41, 5.74) is 7.27. The van der Waals surface area contributed by atoms with Crippen molar-refractivity contribution in [1.82, 2.24) is 4.90 Å². The molecular weight excluding hydrogens is 240 g/mol. The number of hydrogen-bond donors (Lipinski definition) is 1. The lowest BCUT2D eigenvalue weighted by molar-refractivity contribution is 0.0139. The Morgan fingerprint density at radius 1 is 1.32 bits per heavy atom. The van der Waals surface area contributed by atoms with Crippen LogP contribution >= 0.6 is 0 Å². The van der Waals surface area contributed by atoms with Crippen LogP contribution in [0.4, 0.5) is 0 Å². The quantitative estimate of drug-likeness (QED) is 0.834. The Hall–Kier alpha value is -1.39. The standard InChI is InChI=1S/C15H22N2O2/c1-17-10-7-14(8-11-17)19-15(18)13-4-2-12(3-5-13)6-9-16/h2-5,14H,6-11,16H2,1H3. The third kappa shape index (κ3) is 4.04. The van der Waals surface area contributed by atoms with Crippen molar-refractivity contribution >= 4 is 5.97 Å². The predicted octanol–water partition coefficient (Wildman–Crippen LogP) is 1.44. The van der Waals surface area contributed by atoms with Gasteiger partial charge in [-0.2, -0.15) is 0 Å². The molecule has 4 heteroatoms. The normalized spacial score (nSPS) is 17.4. The molecule has 0 spiro atoms. The van der Waals surface area contributed by atoms with Crippen molar-refractivity contribution in [3.05, 3.63) is 35.4 Å². The van der Waals surface area contributed by atoms with E-state index in [-0.39, 0.29) is 12.1 Å². The monoisotopic (exact) mass is 262 g/mol. The second-order valence-electron chi connectivity index (χ2n) is 5.14. The first kappa shape index (κ1) is 14.0. The van der Waals surface area contributed by atoms with Gasteiger partial charge in [-0.25, -0.2) is 4.79 Å². The molecule has 0 unspecified atom stereocenters. The highest BCUT2D eigenvalue weighted by atomic mass is 16.5. The number of piperidine rings is 1. The third-order valence-corrected chi connectivity index (χ3v) is 3.56. The number of nitrogens with zero attached hydrogens (tertiary/aromatic N) is 1. The fourth-order valence-corrected chi connectivity index (χ4v) is 2.30. The van der Waals surface area contributed by atoms with Gasteiger partial charge < -0.3 is 15.4 Å². The summed E-state index contributed by atoms with van der Waals surface area (Å²) in [5, 5.41) is 0. The van der Waals surface area contributed by atoms with Gasteiger partial charge in [0.05, 0.1) is 5.56 Å². The minimum atomic E-state index is -0.214. The minimum Gasteiger partial charge on any atom is -0.459 e. The van der Waals surface area contributed by atoms with Crippen molar-refractivity contribution in [2.24, 2.45) is 5.73 Å². The van der Waals surface area contributed by atoms with Crippen molar-refractivity contribution in [2.45, 2.75) is 25.4 Å². The van der Waals surface area contributed by atoms with Gasteiger partial charge in [-0.3, -0.25) is 0 Å². The van der Waals surface area contributed by atoms with Gasteiger partial charge in [0.15, 0.2) is 0 Å². The maximum Gasteiger partial charge on any atom is 0.338 e. The van der Waals surface area contributed by atoms with Crippen molar-refractivity contribution in [3.8, 4) is 0 Å². The van der Waals surface area contributed by atoms with Gasteiger partial charge in [-0.05, 0) is 50.6 Å². The van der Waals surface area contributed by atoms with E-state index in [1.165, 1.54) is 0 Å². The Balaban J connectivity index is 1.88.